The highest BCUT2D eigenvalue weighted by molar-refractivity contribution is 7.98. The number of thioether (sulfide) groups is 1. The molecule has 0 aliphatic carbocycles. The molecule has 7 heteroatoms. The monoisotopic (exact) mass is 274 g/mol. The highest BCUT2D eigenvalue weighted by Crippen LogP contribution is 2.22. The minimum atomic E-state index is -0.684. The van der Waals surface area contributed by atoms with Crippen LogP contribution in [0.4, 0.5) is 0 Å². The summed E-state index contributed by atoms with van der Waals surface area (Å²) in [5.74, 6) is 0.839. The van der Waals surface area contributed by atoms with Gasteiger partial charge in [-0.3, -0.25) is 4.79 Å². The molecule has 0 aromatic carbocycles. The maximum Gasteiger partial charge on any atom is 0.221 e. The van der Waals surface area contributed by atoms with Crippen LogP contribution >= 0.6 is 11.8 Å². The van der Waals surface area contributed by atoms with Crippen molar-refractivity contribution in [2.75, 3.05) is 32.1 Å². The van der Waals surface area contributed by atoms with Crippen LogP contribution in [0.25, 0.3) is 0 Å². The van der Waals surface area contributed by atoms with Crippen molar-refractivity contribution in [3.05, 3.63) is 0 Å². The molecule has 1 fully saturated rings. The fourth-order valence-corrected chi connectivity index (χ4v) is 2.45. The molecule has 1 saturated heterocycles. The number of nitrogens with one attached hydrogen (secondary N) is 1. The number of rotatable bonds is 5. The molecule has 1 heterocycles. The zero-order valence-electron chi connectivity index (χ0n) is 11.0. The molecule has 104 valence electrons. The third-order valence-electron chi connectivity index (χ3n) is 3.35. The Hall–Kier alpha value is -0.950. The lowest BCUT2D eigenvalue weighted by Crippen LogP contribution is -2.62. The van der Waals surface area contributed by atoms with Crippen molar-refractivity contribution in [2.45, 2.75) is 24.8 Å². The van der Waals surface area contributed by atoms with E-state index in [-0.39, 0.29) is 11.7 Å². The number of nitrogens with zero attached hydrogens (tertiary/aromatic N) is 2. The van der Waals surface area contributed by atoms with E-state index in [0.717, 1.165) is 18.8 Å². The Labute approximate surface area is 112 Å². The Kier molecular flexibility index (Phi) is 5.74. The van der Waals surface area contributed by atoms with E-state index in [1.54, 1.807) is 11.8 Å². The van der Waals surface area contributed by atoms with Crippen molar-refractivity contribution in [2.24, 2.45) is 10.9 Å². The molecule has 1 amide bonds. The van der Waals surface area contributed by atoms with E-state index < -0.39 is 5.54 Å². The Bertz CT molecular complexity index is 314. The normalized spacial score (nSPS) is 20.7. The van der Waals surface area contributed by atoms with Gasteiger partial charge in [0, 0.05) is 25.3 Å². The average molecular weight is 274 g/mol. The van der Waals surface area contributed by atoms with Gasteiger partial charge < -0.3 is 21.2 Å². The van der Waals surface area contributed by atoms with Crippen LogP contribution in [-0.2, 0) is 4.79 Å². The molecule has 0 bridgehead atoms. The molecule has 0 aromatic rings. The van der Waals surface area contributed by atoms with Crippen LogP contribution in [0.2, 0.25) is 0 Å². The molecule has 1 aliphatic rings. The highest BCUT2D eigenvalue weighted by atomic mass is 32.2. The van der Waals surface area contributed by atoms with E-state index in [4.69, 9.17) is 10.9 Å². The van der Waals surface area contributed by atoms with Gasteiger partial charge in [-0.25, -0.2) is 0 Å². The molecular weight excluding hydrogens is 252 g/mol. The molecule has 0 spiro atoms. The molecule has 0 atom stereocenters. The largest absolute Gasteiger partial charge is 0.409 e. The summed E-state index contributed by atoms with van der Waals surface area (Å²) in [7, 11) is 2.02. The second-order valence-electron chi connectivity index (χ2n) is 4.66. The average Bonchev–Trinajstić information content (AvgIpc) is 2.38. The summed E-state index contributed by atoms with van der Waals surface area (Å²) in [6, 6.07) is 0. The van der Waals surface area contributed by atoms with E-state index in [1.807, 2.05) is 13.3 Å². The first kappa shape index (κ1) is 15.1. The van der Waals surface area contributed by atoms with Gasteiger partial charge in [0.25, 0.3) is 0 Å². The number of oxime groups is 1. The fourth-order valence-electron chi connectivity index (χ4n) is 2.07. The number of carbonyl (C=O) groups excluding carboxylic acids is 1. The van der Waals surface area contributed by atoms with Crippen LogP contribution in [0.1, 0.15) is 19.3 Å². The number of likely N-dealkylation sites (tertiary alicyclic amines) is 1. The first-order valence-electron chi connectivity index (χ1n) is 6.00. The molecule has 1 aliphatic heterocycles. The van der Waals surface area contributed by atoms with E-state index in [9.17, 15) is 4.79 Å². The van der Waals surface area contributed by atoms with Gasteiger partial charge in [0.15, 0.2) is 5.84 Å². The predicted octanol–water partition coefficient (Wildman–Crippen LogP) is 0.0665. The zero-order valence-corrected chi connectivity index (χ0v) is 11.8. The first-order chi connectivity index (χ1) is 8.54. The van der Waals surface area contributed by atoms with Gasteiger partial charge in [-0.1, -0.05) is 5.16 Å². The fraction of sp³-hybridized carbons (Fsp3) is 0.818. The molecule has 18 heavy (non-hydrogen) atoms. The number of carbonyl (C=O) groups is 1. The van der Waals surface area contributed by atoms with Crippen molar-refractivity contribution in [3.8, 4) is 0 Å². The summed E-state index contributed by atoms with van der Waals surface area (Å²) in [6.07, 6.45) is 3.76. The van der Waals surface area contributed by atoms with Crippen molar-refractivity contribution < 1.29 is 10.0 Å². The van der Waals surface area contributed by atoms with E-state index in [2.05, 4.69) is 15.4 Å². The molecule has 0 unspecified atom stereocenters. The number of hydrogen-bond acceptors (Lipinski definition) is 5. The summed E-state index contributed by atoms with van der Waals surface area (Å²) in [6.45, 7) is 1.64. The van der Waals surface area contributed by atoms with Crippen LogP contribution in [-0.4, -0.2) is 59.5 Å². The van der Waals surface area contributed by atoms with Crippen LogP contribution in [0.15, 0.2) is 5.16 Å². The zero-order chi connectivity index (χ0) is 13.6. The van der Waals surface area contributed by atoms with E-state index in [0.29, 0.717) is 19.3 Å². The van der Waals surface area contributed by atoms with Crippen molar-refractivity contribution in [3.63, 3.8) is 0 Å². The van der Waals surface area contributed by atoms with Gasteiger partial charge >= 0.3 is 0 Å². The van der Waals surface area contributed by atoms with Gasteiger partial charge in [0.2, 0.25) is 5.91 Å². The molecule has 6 nitrogen and oxygen atoms in total. The summed E-state index contributed by atoms with van der Waals surface area (Å²) in [4.78, 5) is 14.0. The summed E-state index contributed by atoms with van der Waals surface area (Å²) < 4.78 is 0. The third-order valence-corrected chi connectivity index (χ3v) is 3.96. The number of hydrogen-bond donors (Lipinski definition) is 3. The lowest BCUT2D eigenvalue weighted by Gasteiger charge is -2.40. The van der Waals surface area contributed by atoms with Crippen LogP contribution in [0.3, 0.4) is 0 Å². The SMILES string of the molecule is CSCCC(=O)NC1(C(N)=NO)CCN(C)CC1. The lowest BCUT2D eigenvalue weighted by atomic mass is 9.86. The Balaban J connectivity index is 2.70. The number of amides is 1. The Morgan fingerprint density at radius 3 is 2.67 bits per heavy atom. The molecule has 1 rings (SSSR count). The Morgan fingerprint density at radius 2 is 2.17 bits per heavy atom. The molecule has 0 saturated carbocycles. The van der Waals surface area contributed by atoms with Gasteiger partial charge in [-0.05, 0) is 26.1 Å². The third kappa shape index (κ3) is 3.78. The van der Waals surface area contributed by atoms with Gasteiger partial charge in [-0.2, -0.15) is 11.8 Å². The van der Waals surface area contributed by atoms with Crippen molar-refractivity contribution in [1.29, 1.82) is 0 Å². The van der Waals surface area contributed by atoms with Crippen molar-refractivity contribution >= 4 is 23.5 Å². The highest BCUT2D eigenvalue weighted by Gasteiger charge is 2.39. The minimum absolute atomic E-state index is 0.0412. The number of nitrogens with two attached hydrogens (primary N) is 1. The molecular formula is C11H22N4O2S. The van der Waals surface area contributed by atoms with Gasteiger partial charge in [0.1, 0.15) is 5.54 Å². The van der Waals surface area contributed by atoms with E-state index >= 15 is 0 Å². The van der Waals surface area contributed by atoms with Gasteiger partial charge in [0.05, 0.1) is 0 Å². The molecule has 0 aromatic heterocycles. The molecule has 0 radical (unpaired) electrons. The Morgan fingerprint density at radius 1 is 1.56 bits per heavy atom. The second-order valence-corrected chi connectivity index (χ2v) is 5.65. The smallest absolute Gasteiger partial charge is 0.221 e. The summed E-state index contributed by atoms with van der Waals surface area (Å²) in [5, 5.41) is 14.9. The minimum Gasteiger partial charge on any atom is -0.409 e. The standard InChI is InChI=1S/C11H22N4O2S/c1-15-6-4-11(5-7-15,10(12)14-17)13-9(16)3-8-18-2/h17H,3-8H2,1-2H3,(H2,12,14)(H,13,16). The quantitative estimate of drug-likeness (QED) is 0.285. The van der Waals surface area contributed by atoms with E-state index in [1.165, 1.54) is 0 Å². The van der Waals surface area contributed by atoms with Crippen LogP contribution in [0.5, 0.6) is 0 Å². The predicted molar refractivity (Wildman–Crippen MR) is 74.0 cm³/mol. The maximum atomic E-state index is 11.8. The van der Waals surface area contributed by atoms with Crippen LogP contribution < -0.4 is 11.1 Å². The number of amidine groups is 1. The topological polar surface area (TPSA) is 91.0 Å². The van der Waals surface area contributed by atoms with Crippen molar-refractivity contribution in [1.82, 2.24) is 10.2 Å². The summed E-state index contributed by atoms with van der Waals surface area (Å²) >= 11 is 1.63. The van der Waals surface area contributed by atoms with Crippen LogP contribution in [0, 0.1) is 0 Å². The first-order valence-corrected chi connectivity index (χ1v) is 7.40. The summed E-state index contributed by atoms with van der Waals surface area (Å²) in [5.41, 5.74) is 5.08. The lowest BCUT2D eigenvalue weighted by molar-refractivity contribution is -0.122. The second kappa shape index (κ2) is 6.84. The van der Waals surface area contributed by atoms with Gasteiger partial charge in [-0.15, -0.1) is 0 Å². The number of piperidine rings is 1. The maximum absolute atomic E-state index is 11.8. The molecule has 4 N–H and O–H groups in total.